The van der Waals surface area contributed by atoms with Crippen molar-refractivity contribution in [1.29, 1.82) is 0 Å². The maximum atomic E-state index is 5.87. The highest BCUT2D eigenvalue weighted by Gasteiger charge is 2.23. The van der Waals surface area contributed by atoms with Crippen molar-refractivity contribution in [1.82, 2.24) is 0 Å². The molecule has 1 nitrogen and oxygen atoms in total. The summed E-state index contributed by atoms with van der Waals surface area (Å²) in [6, 6.07) is 6.12. The molecule has 60 valence electrons. The van der Waals surface area contributed by atoms with Crippen molar-refractivity contribution in [3.05, 3.63) is 34.3 Å². The van der Waals surface area contributed by atoms with Crippen molar-refractivity contribution < 1.29 is 0 Å². The number of rotatable bonds is 0. The van der Waals surface area contributed by atoms with Crippen LogP contribution in [0.3, 0.4) is 0 Å². The van der Waals surface area contributed by atoms with Crippen LogP contribution >= 0.6 is 24.0 Å². The first-order chi connectivity index (χ1) is 4.79. The SMILES string of the molecule is Cl.NC1Cc2c(Cl)cccc21. The van der Waals surface area contributed by atoms with Crippen LogP contribution in [0.1, 0.15) is 17.2 Å². The Morgan fingerprint density at radius 2 is 2.18 bits per heavy atom. The fourth-order valence-corrected chi connectivity index (χ4v) is 1.60. The lowest BCUT2D eigenvalue weighted by molar-refractivity contribution is 0.636. The number of hydrogen-bond acceptors (Lipinski definition) is 1. The quantitative estimate of drug-likeness (QED) is 0.667. The lowest BCUT2D eigenvalue weighted by Gasteiger charge is -2.27. The van der Waals surface area contributed by atoms with Gasteiger partial charge in [-0.25, -0.2) is 0 Å². The third-order valence-electron chi connectivity index (χ3n) is 1.98. The highest BCUT2D eigenvalue weighted by Crippen LogP contribution is 2.35. The van der Waals surface area contributed by atoms with Crippen LogP contribution in [0.4, 0.5) is 0 Å². The molecule has 3 heteroatoms. The molecule has 1 aliphatic carbocycles. The van der Waals surface area contributed by atoms with Crippen LogP contribution in [0.5, 0.6) is 0 Å². The third kappa shape index (κ3) is 1.24. The van der Waals surface area contributed by atoms with Crippen molar-refractivity contribution in [2.75, 3.05) is 0 Å². The van der Waals surface area contributed by atoms with E-state index in [1.165, 1.54) is 11.1 Å². The minimum atomic E-state index is 0. The van der Waals surface area contributed by atoms with Gasteiger partial charge in [-0.2, -0.15) is 0 Å². The van der Waals surface area contributed by atoms with Crippen LogP contribution in [-0.4, -0.2) is 0 Å². The average molecular weight is 190 g/mol. The zero-order valence-electron chi connectivity index (χ0n) is 5.88. The second-order valence-corrected chi connectivity index (χ2v) is 3.03. The van der Waals surface area contributed by atoms with E-state index in [1.54, 1.807) is 0 Å². The lowest BCUT2D eigenvalue weighted by Crippen LogP contribution is -2.24. The van der Waals surface area contributed by atoms with Gasteiger partial charge in [0, 0.05) is 11.1 Å². The van der Waals surface area contributed by atoms with Gasteiger partial charge in [0.15, 0.2) is 0 Å². The van der Waals surface area contributed by atoms with Crippen LogP contribution in [0.2, 0.25) is 5.02 Å². The summed E-state index contributed by atoms with van der Waals surface area (Å²) in [5, 5.41) is 0.860. The normalized spacial score (nSPS) is 19.6. The molecule has 1 aliphatic rings. The minimum Gasteiger partial charge on any atom is -0.324 e. The molecular formula is C8H9Cl2N. The number of halogens is 2. The molecule has 0 bridgehead atoms. The van der Waals surface area contributed by atoms with E-state index in [4.69, 9.17) is 17.3 Å². The van der Waals surface area contributed by atoms with Gasteiger partial charge < -0.3 is 5.73 Å². The minimum absolute atomic E-state index is 0. The van der Waals surface area contributed by atoms with Gasteiger partial charge in [-0.1, -0.05) is 23.7 Å². The molecule has 2 N–H and O–H groups in total. The molecular weight excluding hydrogens is 181 g/mol. The molecule has 11 heavy (non-hydrogen) atoms. The average Bonchev–Trinajstić information content (AvgIpc) is 1.91. The summed E-state index contributed by atoms with van der Waals surface area (Å²) in [4.78, 5) is 0. The summed E-state index contributed by atoms with van der Waals surface area (Å²) < 4.78 is 0. The fraction of sp³-hybridized carbons (Fsp3) is 0.250. The largest absolute Gasteiger partial charge is 0.324 e. The summed E-state index contributed by atoms with van der Waals surface area (Å²) in [6.45, 7) is 0. The topological polar surface area (TPSA) is 26.0 Å². The van der Waals surface area contributed by atoms with Gasteiger partial charge in [-0.15, -0.1) is 12.4 Å². The first-order valence-corrected chi connectivity index (χ1v) is 3.69. The lowest BCUT2D eigenvalue weighted by atomic mass is 9.84. The Bertz CT molecular complexity index is 273. The fourth-order valence-electron chi connectivity index (χ4n) is 1.34. The van der Waals surface area contributed by atoms with E-state index in [2.05, 4.69) is 0 Å². The van der Waals surface area contributed by atoms with Crippen molar-refractivity contribution in [3.8, 4) is 0 Å². The van der Waals surface area contributed by atoms with Crippen LogP contribution < -0.4 is 5.73 Å². The Balaban J connectivity index is 0.000000605. The van der Waals surface area contributed by atoms with E-state index in [1.807, 2.05) is 18.2 Å². The Morgan fingerprint density at radius 1 is 1.45 bits per heavy atom. The number of benzene rings is 1. The van der Waals surface area contributed by atoms with E-state index >= 15 is 0 Å². The van der Waals surface area contributed by atoms with Crippen LogP contribution in [0.25, 0.3) is 0 Å². The van der Waals surface area contributed by atoms with E-state index in [-0.39, 0.29) is 18.4 Å². The van der Waals surface area contributed by atoms with Crippen molar-refractivity contribution >= 4 is 24.0 Å². The summed E-state index contributed by atoms with van der Waals surface area (Å²) in [5.74, 6) is 0. The molecule has 0 saturated carbocycles. The van der Waals surface area contributed by atoms with Crippen LogP contribution in [-0.2, 0) is 6.42 Å². The highest BCUT2D eigenvalue weighted by molar-refractivity contribution is 6.31. The van der Waals surface area contributed by atoms with Crippen LogP contribution in [0, 0.1) is 0 Å². The number of hydrogen-bond donors (Lipinski definition) is 1. The summed E-state index contributed by atoms with van der Waals surface area (Å²) in [6.07, 6.45) is 0.939. The zero-order valence-corrected chi connectivity index (χ0v) is 7.45. The Hall–Kier alpha value is -0.240. The monoisotopic (exact) mass is 189 g/mol. The first kappa shape index (κ1) is 8.85. The van der Waals surface area contributed by atoms with E-state index in [0.29, 0.717) is 0 Å². The molecule has 2 rings (SSSR count). The molecule has 0 spiro atoms. The third-order valence-corrected chi connectivity index (χ3v) is 2.33. The Labute approximate surface area is 77.0 Å². The van der Waals surface area contributed by atoms with Gasteiger partial charge in [0.2, 0.25) is 0 Å². The van der Waals surface area contributed by atoms with Gasteiger partial charge in [-0.3, -0.25) is 0 Å². The molecule has 0 saturated heterocycles. The zero-order chi connectivity index (χ0) is 7.14. The summed E-state index contributed by atoms with van der Waals surface area (Å²) in [5.41, 5.74) is 8.15. The molecule has 1 aromatic carbocycles. The first-order valence-electron chi connectivity index (χ1n) is 3.32. The second-order valence-electron chi connectivity index (χ2n) is 2.62. The highest BCUT2D eigenvalue weighted by atomic mass is 35.5. The van der Waals surface area contributed by atoms with Crippen molar-refractivity contribution in [2.24, 2.45) is 5.73 Å². The molecule has 1 unspecified atom stereocenters. The predicted octanol–water partition coefficient (Wildman–Crippen LogP) is 2.32. The van der Waals surface area contributed by atoms with Crippen molar-refractivity contribution in [3.63, 3.8) is 0 Å². The molecule has 1 aromatic rings. The molecule has 0 aromatic heterocycles. The summed E-state index contributed by atoms with van der Waals surface area (Å²) in [7, 11) is 0. The number of fused-ring (bicyclic) bond motifs is 1. The molecule has 0 fully saturated rings. The van der Waals surface area contributed by atoms with Gasteiger partial charge in [-0.05, 0) is 23.6 Å². The predicted molar refractivity (Wildman–Crippen MR) is 49.3 cm³/mol. The molecule has 0 aliphatic heterocycles. The molecule has 0 heterocycles. The van der Waals surface area contributed by atoms with Gasteiger partial charge in [0.05, 0.1) is 0 Å². The van der Waals surface area contributed by atoms with E-state index in [9.17, 15) is 0 Å². The smallest absolute Gasteiger partial charge is 0.0442 e. The van der Waals surface area contributed by atoms with Gasteiger partial charge in [0.25, 0.3) is 0 Å². The summed E-state index contributed by atoms with van der Waals surface area (Å²) >= 11 is 5.87. The Kier molecular flexibility index (Phi) is 2.43. The van der Waals surface area contributed by atoms with Gasteiger partial charge in [0.1, 0.15) is 0 Å². The number of nitrogens with two attached hydrogens (primary N) is 1. The maximum absolute atomic E-state index is 5.87. The van der Waals surface area contributed by atoms with Crippen molar-refractivity contribution in [2.45, 2.75) is 12.5 Å². The van der Waals surface area contributed by atoms with E-state index < -0.39 is 0 Å². The van der Waals surface area contributed by atoms with E-state index in [0.717, 1.165) is 11.4 Å². The molecule has 0 amide bonds. The second kappa shape index (κ2) is 3.02. The molecule has 1 atom stereocenters. The van der Waals surface area contributed by atoms with Gasteiger partial charge >= 0.3 is 0 Å². The molecule has 0 radical (unpaired) electrons. The maximum Gasteiger partial charge on any atom is 0.0442 e. The standard InChI is InChI=1S/C8H8ClN.ClH/c9-7-3-1-2-5-6(7)4-8(5)10;/h1-3,8H,4,10H2;1H. The van der Waals surface area contributed by atoms with Crippen LogP contribution in [0.15, 0.2) is 18.2 Å². The Morgan fingerprint density at radius 3 is 2.73 bits per heavy atom.